The lowest BCUT2D eigenvalue weighted by Crippen LogP contribution is -2.12. The van der Waals surface area contributed by atoms with Gasteiger partial charge in [-0.25, -0.2) is 9.07 Å². The number of benzene rings is 2. The molecule has 1 aliphatic rings. The van der Waals surface area contributed by atoms with Crippen molar-refractivity contribution in [2.24, 2.45) is 0 Å². The van der Waals surface area contributed by atoms with Crippen LogP contribution in [0, 0.1) is 5.82 Å². The Morgan fingerprint density at radius 3 is 2.62 bits per heavy atom. The molecule has 2 heterocycles. The highest BCUT2D eigenvalue weighted by atomic mass is 19.1. The summed E-state index contributed by atoms with van der Waals surface area (Å²) in [5.41, 5.74) is 3.71. The van der Waals surface area contributed by atoms with Gasteiger partial charge < -0.3 is 10.4 Å². The lowest BCUT2D eigenvalue weighted by Gasteiger charge is -2.11. The normalized spacial score (nSPS) is 18.2. The molecule has 2 unspecified atom stereocenters. The Kier molecular flexibility index (Phi) is 4.77. The average Bonchev–Trinajstić information content (AvgIpc) is 3.34. The smallest absolute Gasteiger partial charge is 0.123 e. The molecule has 5 nitrogen and oxygen atoms in total. The number of rotatable bonds is 5. The fourth-order valence-electron chi connectivity index (χ4n) is 3.34. The van der Waals surface area contributed by atoms with Crippen molar-refractivity contribution in [1.82, 2.24) is 20.3 Å². The highest BCUT2D eigenvalue weighted by Gasteiger charge is 2.16. The Labute approximate surface area is 151 Å². The Morgan fingerprint density at radius 2 is 1.92 bits per heavy atom. The topological polar surface area (TPSA) is 63.0 Å². The van der Waals surface area contributed by atoms with E-state index < -0.39 is 6.10 Å². The molecule has 2 atom stereocenters. The summed E-state index contributed by atoms with van der Waals surface area (Å²) in [4.78, 5) is 0. The number of aromatic nitrogens is 3. The van der Waals surface area contributed by atoms with Crippen LogP contribution in [0.25, 0.3) is 11.3 Å². The number of hydrogen-bond acceptors (Lipinski definition) is 4. The second-order valence-electron chi connectivity index (χ2n) is 6.66. The second-order valence-corrected chi connectivity index (χ2v) is 6.66. The first-order valence-corrected chi connectivity index (χ1v) is 8.86. The summed E-state index contributed by atoms with van der Waals surface area (Å²) in [5, 5.41) is 22.1. The van der Waals surface area contributed by atoms with Gasteiger partial charge >= 0.3 is 0 Å². The van der Waals surface area contributed by atoms with Crippen molar-refractivity contribution in [2.75, 3.05) is 6.54 Å². The van der Waals surface area contributed by atoms with E-state index in [0.29, 0.717) is 11.6 Å². The molecule has 2 N–H and O–H groups in total. The van der Waals surface area contributed by atoms with Gasteiger partial charge in [-0.2, -0.15) is 0 Å². The fraction of sp³-hybridized carbons (Fsp3) is 0.300. The van der Waals surface area contributed by atoms with Gasteiger partial charge in [0.05, 0.1) is 18.8 Å². The Balaban J connectivity index is 1.44. The lowest BCUT2D eigenvalue weighted by atomic mass is 10.0. The van der Waals surface area contributed by atoms with E-state index >= 15 is 0 Å². The Bertz CT molecular complexity index is 854. The van der Waals surface area contributed by atoms with E-state index in [9.17, 15) is 9.50 Å². The molecule has 4 rings (SSSR count). The van der Waals surface area contributed by atoms with Crippen molar-refractivity contribution in [2.45, 2.75) is 31.5 Å². The van der Waals surface area contributed by atoms with Crippen molar-refractivity contribution < 1.29 is 9.50 Å². The van der Waals surface area contributed by atoms with Crippen molar-refractivity contribution in [3.63, 3.8) is 0 Å². The number of aliphatic hydroxyl groups is 1. The molecule has 26 heavy (non-hydrogen) atoms. The Hall–Kier alpha value is -2.57. The van der Waals surface area contributed by atoms with Crippen LogP contribution in [0.1, 0.15) is 36.1 Å². The molecule has 0 bridgehead atoms. The van der Waals surface area contributed by atoms with Gasteiger partial charge in [0, 0.05) is 11.6 Å². The molecule has 2 aromatic carbocycles. The zero-order valence-corrected chi connectivity index (χ0v) is 14.3. The van der Waals surface area contributed by atoms with Gasteiger partial charge in [-0.05, 0) is 42.6 Å². The first kappa shape index (κ1) is 16.9. The van der Waals surface area contributed by atoms with Crippen LogP contribution in [0.2, 0.25) is 0 Å². The minimum absolute atomic E-state index is 0.267. The van der Waals surface area contributed by atoms with Crippen LogP contribution in [0.3, 0.4) is 0 Å². The van der Waals surface area contributed by atoms with E-state index in [0.717, 1.165) is 17.8 Å². The molecular weight excluding hydrogens is 331 g/mol. The monoisotopic (exact) mass is 352 g/mol. The van der Waals surface area contributed by atoms with Gasteiger partial charge in [0.25, 0.3) is 0 Å². The molecule has 3 aromatic rings. The summed E-state index contributed by atoms with van der Waals surface area (Å²) in [6.45, 7) is 1.35. The number of halogens is 1. The molecule has 6 heteroatoms. The quantitative estimate of drug-likeness (QED) is 0.740. The molecule has 0 amide bonds. The molecule has 134 valence electrons. The third kappa shape index (κ3) is 3.66. The average molecular weight is 352 g/mol. The van der Waals surface area contributed by atoms with E-state index in [1.807, 2.05) is 6.20 Å². The minimum atomic E-state index is -0.763. The molecule has 0 saturated carbocycles. The summed E-state index contributed by atoms with van der Waals surface area (Å²) >= 11 is 0. The van der Waals surface area contributed by atoms with Crippen molar-refractivity contribution in [3.8, 4) is 11.3 Å². The summed E-state index contributed by atoms with van der Waals surface area (Å²) in [5.74, 6) is -0.319. The summed E-state index contributed by atoms with van der Waals surface area (Å²) in [7, 11) is 0. The minimum Gasteiger partial charge on any atom is -0.386 e. The number of aliphatic hydroxyl groups excluding tert-OH is 1. The van der Waals surface area contributed by atoms with Gasteiger partial charge in [-0.15, -0.1) is 5.10 Å². The highest BCUT2D eigenvalue weighted by molar-refractivity contribution is 5.58. The summed E-state index contributed by atoms with van der Waals surface area (Å²) < 4.78 is 14.6. The van der Waals surface area contributed by atoms with Gasteiger partial charge in [-0.3, -0.25) is 0 Å². The zero-order valence-electron chi connectivity index (χ0n) is 14.3. The number of nitrogens with one attached hydrogen (secondary N) is 1. The number of nitrogens with zero attached hydrogens (tertiary/aromatic N) is 3. The lowest BCUT2D eigenvalue weighted by molar-refractivity contribution is 0.150. The number of hydrogen-bond donors (Lipinski definition) is 2. The van der Waals surface area contributed by atoms with E-state index in [1.54, 1.807) is 16.8 Å². The molecule has 0 aliphatic carbocycles. The van der Waals surface area contributed by atoms with Crippen LogP contribution in [-0.2, 0) is 6.54 Å². The van der Waals surface area contributed by atoms with Gasteiger partial charge in [0.1, 0.15) is 11.5 Å². The molecule has 1 aromatic heterocycles. The zero-order chi connectivity index (χ0) is 17.9. The van der Waals surface area contributed by atoms with Gasteiger partial charge in [-0.1, -0.05) is 41.6 Å². The maximum Gasteiger partial charge on any atom is 0.123 e. The van der Waals surface area contributed by atoms with Crippen LogP contribution in [-0.4, -0.2) is 26.6 Å². The van der Waals surface area contributed by atoms with Crippen LogP contribution >= 0.6 is 0 Å². The molecular formula is C20H21FN4O. The third-order valence-corrected chi connectivity index (χ3v) is 4.82. The van der Waals surface area contributed by atoms with Crippen LogP contribution in [0.4, 0.5) is 4.39 Å². The summed E-state index contributed by atoms with van der Waals surface area (Å²) in [6.07, 6.45) is 3.45. The van der Waals surface area contributed by atoms with Crippen LogP contribution in [0.15, 0.2) is 54.7 Å². The van der Waals surface area contributed by atoms with Crippen molar-refractivity contribution in [3.05, 3.63) is 71.7 Å². The molecule has 0 spiro atoms. The summed E-state index contributed by atoms with van der Waals surface area (Å²) in [6, 6.07) is 14.7. The molecule has 1 fully saturated rings. The first-order valence-electron chi connectivity index (χ1n) is 8.86. The third-order valence-electron chi connectivity index (χ3n) is 4.82. The largest absolute Gasteiger partial charge is 0.386 e. The fourth-order valence-corrected chi connectivity index (χ4v) is 3.34. The molecule has 1 saturated heterocycles. The van der Waals surface area contributed by atoms with Crippen LogP contribution in [0.5, 0.6) is 0 Å². The molecule has 1 aliphatic heterocycles. The van der Waals surface area contributed by atoms with Crippen molar-refractivity contribution >= 4 is 0 Å². The van der Waals surface area contributed by atoms with Gasteiger partial charge in [0.2, 0.25) is 0 Å². The Morgan fingerprint density at radius 1 is 1.15 bits per heavy atom. The van der Waals surface area contributed by atoms with E-state index in [2.05, 4.69) is 39.9 Å². The maximum atomic E-state index is 13.0. The highest BCUT2D eigenvalue weighted by Crippen LogP contribution is 2.25. The SMILES string of the molecule is OC(Cn1cc(-c2ccc(C3CCCN3)cc2)nn1)c1ccc(F)cc1. The predicted octanol–water partition coefficient (Wildman–Crippen LogP) is 3.24. The van der Waals surface area contributed by atoms with E-state index in [1.165, 1.54) is 30.5 Å². The van der Waals surface area contributed by atoms with E-state index in [4.69, 9.17) is 0 Å². The molecule has 0 radical (unpaired) electrons. The van der Waals surface area contributed by atoms with Crippen LogP contribution < -0.4 is 5.32 Å². The predicted molar refractivity (Wildman–Crippen MR) is 96.8 cm³/mol. The second kappa shape index (κ2) is 7.35. The van der Waals surface area contributed by atoms with Gasteiger partial charge in [0.15, 0.2) is 0 Å². The first-order chi connectivity index (χ1) is 12.7. The van der Waals surface area contributed by atoms with E-state index in [-0.39, 0.29) is 12.4 Å². The standard InChI is InChI=1S/C20H21FN4O/c21-17-9-7-16(8-10-17)20(26)13-25-12-19(23-24-25)15-5-3-14(4-6-15)18-2-1-11-22-18/h3-10,12,18,20,22,26H,1-2,11,13H2. The van der Waals surface area contributed by atoms with Crippen molar-refractivity contribution in [1.29, 1.82) is 0 Å². The maximum absolute atomic E-state index is 13.0.